The first kappa shape index (κ1) is 10.1. The normalized spacial score (nSPS) is 24.5. The zero-order valence-electron chi connectivity index (χ0n) is 9.09. The third-order valence-corrected chi connectivity index (χ3v) is 2.46. The summed E-state index contributed by atoms with van der Waals surface area (Å²) in [6, 6.07) is -0.0856. The van der Waals surface area contributed by atoms with Crippen LogP contribution < -0.4 is 0 Å². The fourth-order valence-electron chi connectivity index (χ4n) is 1.87. The van der Waals surface area contributed by atoms with Gasteiger partial charge < -0.3 is 9.80 Å². The van der Waals surface area contributed by atoms with Gasteiger partial charge in [0.2, 0.25) is 5.91 Å². The van der Waals surface area contributed by atoms with Crippen molar-refractivity contribution in [3.63, 3.8) is 0 Å². The predicted octanol–water partition coefficient (Wildman–Crippen LogP) is 1.42. The topological polar surface area (TPSA) is 23.6 Å². The summed E-state index contributed by atoms with van der Waals surface area (Å²) in [7, 11) is 1.77. The van der Waals surface area contributed by atoms with Crippen LogP contribution in [0.2, 0.25) is 0 Å². The number of likely N-dealkylation sites (N-methyl/N-ethyl adjacent to an activating group) is 1. The van der Waals surface area contributed by atoms with Gasteiger partial charge >= 0.3 is 0 Å². The quantitative estimate of drug-likeness (QED) is 0.565. The highest BCUT2D eigenvalue weighted by Gasteiger charge is 2.41. The van der Waals surface area contributed by atoms with E-state index in [0.29, 0.717) is 0 Å². The molecule has 0 aromatic rings. The van der Waals surface area contributed by atoms with E-state index in [1.807, 2.05) is 6.92 Å². The number of amides is 1. The second kappa shape index (κ2) is 2.76. The molecule has 0 aliphatic carbocycles. The minimum atomic E-state index is -0.0856. The molecule has 1 heterocycles. The molecule has 0 aromatic heterocycles. The van der Waals surface area contributed by atoms with Crippen molar-refractivity contribution in [2.75, 3.05) is 7.05 Å². The highest BCUT2D eigenvalue weighted by atomic mass is 16.2. The molecule has 0 bridgehead atoms. The van der Waals surface area contributed by atoms with E-state index in [0.717, 1.165) is 5.82 Å². The lowest BCUT2D eigenvalue weighted by atomic mass is 10.0. The van der Waals surface area contributed by atoms with Crippen LogP contribution in [0.15, 0.2) is 12.4 Å². The van der Waals surface area contributed by atoms with Crippen molar-refractivity contribution in [1.29, 1.82) is 0 Å². The number of carbonyl (C=O) groups is 1. The smallest absolute Gasteiger partial charge is 0.250 e. The molecule has 1 aliphatic heterocycles. The Morgan fingerprint density at radius 3 is 2.00 bits per heavy atom. The van der Waals surface area contributed by atoms with Crippen molar-refractivity contribution >= 4 is 5.91 Å². The molecular weight excluding hydrogens is 164 g/mol. The fraction of sp³-hybridized carbons (Fsp3) is 0.700. The first-order chi connectivity index (χ1) is 5.76. The summed E-state index contributed by atoms with van der Waals surface area (Å²) in [6.07, 6.45) is 0. The van der Waals surface area contributed by atoms with E-state index in [1.165, 1.54) is 0 Å². The summed E-state index contributed by atoms with van der Waals surface area (Å²) >= 11 is 0. The molecule has 3 heteroatoms. The monoisotopic (exact) mass is 182 g/mol. The molecule has 1 amide bonds. The van der Waals surface area contributed by atoms with Gasteiger partial charge in [-0.25, -0.2) is 0 Å². The zero-order valence-corrected chi connectivity index (χ0v) is 9.09. The molecule has 13 heavy (non-hydrogen) atoms. The average Bonchev–Trinajstić information content (AvgIpc) is 2.14. The van der Waals surface area contributed by atoms with E-state index >= 15 is 0 Å². The van der Waals surface area contributed by atoms with Crippen molar-refractivity contribution in [3.8, 4) is 0 Å². The maximum Gasteiger partial charge on any atom is 0.250 e. The molecule has 1 saturated heterocycles. The van der Waals surface area contributed by atoms with Crippen LogP contribution in [0.5, 0.6) is 0 Å². The van der Waals surface area contributed by atoms with Gasteiger partial charge in [-0.3, -0.25) is 4.79 Å². The number of hydrogen-bond donors (Lipinski definition) is 0. The first-order valence-corrected chi connectivity index (χ1v) is 4.52. The molecule has 0 saturated carbocycles. The van der Waals surface area contributed by atoms with E-state index in [9.17, 15) is 4.79 Å². The lowest BCUT2D eigenvalue weighted by Crippen LogP contribution is -2.43. The summed E-state index contributed by atoms with van der Waals surface area (Å²) in [4.78, 5) is 15.3. The van der Waals surface area contributed by atoms with Crippen LogP contribution in [0.3, 0.4) is 0 Å². The minimum Gasteiger partial charge on any atom is -0.342 e. The Bertz CT molecular complexity index is 252. The van der Waals surface area contributed by atoms with Crippen LogP contribution in [-0.2, 0) is 4.79 Å². The van der Waals surface area contributed by atoms with Crippen LogP contribution in [0.25, 0.3) is 0 Å². The Hall–Kier alpha value is -0.990. The summed E-state index contributed by atoms with van der Waals surface area (Å²) in [5, 5.41) is 0. The Morgan fingerprint density at radius 2 is 1.85 bits per heavy atom. The van der Waals surface area contributed by atoms with E-state index in [-0.39, 0.29) is 17.5 Å². The molecule has 0 aromatic carbocycles. The number of carbonyl (C=O) groups excluding carboxylic acids is 1. The lowest BCUT2D eigenvalue weighted by molar-refractivity contribution is -0.127. The number of hydrogen-bond acceptors (Lipinski definition) is 2. The third kappa shape index (κ3) is 1.43. The van der Waals surface area contributed by atoms with Crippen LogP contribution in [-0.4, -0.2) is 34.3 Å². The van der Waals surface area contributed by atoms with Crippen LogP contribution >= 0.6 is 0 Å². The van der Waals surface area contributed by atoms with Crippen LogP contribution in [0.1, 0.15) is 27.7 Å². The van der Waals surface area contributed by atoms with Gasteiger partial charge in [-0.15, -0.1) is 0 Å². The van der Waals surface area contributed by atoms with Gasteiger partial charge in [0.05, 0.1) is 0 Å². The Morgan fingerprint density at radius 1 is 1.38 bits per heavy atom. The molecule has 1 aliphatic rings. The average molecular weight is 182 g/mol. The lowest BCUT2D eigenvalue weighted by Gasteiger charge is -2.36. The van der Waals surface area contributed by atoms with Gasteiger partial charge in [-0.2, -0.15) is 0 Å². The van der Waals surface area contributed by atoms with Crippen molar-refractivity contribution in [2.45, 2.75) is 39.3 Å². The molecule has 1 atom stereocenters. The number of nitrogens with zero attached hydrogens (tertiary/aromatic N) is 2. The Balaban J connectivity index is 3.01. The van der Waals surface area contributed by atoms with E-state index < -0.39 is 0 Å². The molecule has 1 fully saturated rings. The second-order valence-electron chi connectivity index (χ2n) is 4.53. The summed E-state index contributed by atoms with van der Waals surface area (Å²) < 4.78 is 0. The molecule has 0 N–H and O–H groups in total. The SMILES string of the molecule is C=C1N(C)C(=O)C(C)N1C(C)(C)C. The van der Waals surface area contributed by atoms with Crippen molar-refractivity contribution in [1.82, 2.24) is 9.80 Å². The highest BCUT2D eigenvalue weighted by Crippen LogP contribution is 2.30. The van der Waals surface area contributed by atoms with Crippen molar-refractivity contribution in [3.05, 3.63) is 12.4 Å². The van der Waals surface area contributed by atoms with Crippen molar-refractivity contribution < 1.29 is 4.79 Å². The second-order valence-corrected chi connectivity index (χ2v) is 4.53. The minimum absolute atomic E-state index is 0.0447. The molecule has 1 rings (SSSR count). The van der Waals surface area contributed by atoms with Crippen molar-refractivity contribution in [2.24, 2.45) is 0 Å². The van der Waals surface area contributed by atoms with Crippen LogP contribution in [0.4, 0.5) is 0 Å². The summed E-state index contributed by atoms with van der Waals surface area (Å²) in [5.74, 6) is 0.921. The van der Waals surface area contributed by atoms with Gasteiger partial charge in [0.15, 0.2) is 0 Å². The van der Waals surface area contributed by atoms with E-state index in [2.05, 4.69) is 32.3 Å². The van der Waals surface area contributed by atoms with Gasteiger partial charge in [0.1, 0.15) is 11.9 Å². The van der Waals surface area contributed by atoms with Gasteiger partial charge in [0, 0.05) is 12.6 Å². The Kier molecular flexibility index (Phi) is 2.14. The third-order valence-electron chi connectivity index (χ3n) is 2.46. The zero-order chi connectivity index (χ0) is 10.4. The van der Waals surface area contributed by atoms with Gasteiger partial charge in [0.25, 0.3) is 0 Å². The van der Waals surface area contributed by atoms with Gasteiger partial charge in [-0.05, 0) is 27.7 Å². The molecular formula is C10H18N2O. The predicted molar refractivity (Wildman–Crippen MR) is 53.0 cm³/mol. The van der Waals surface area contributed by atoms with Gasteiger partial charge in [-0.1, -0.05) is 6.58 Å². The van der Waals surface area contributed by atoms with E-state index in [4.69, 9.17) is 0 Å². The maximum atomic E-state index is 11.6. The first-order valence-electron chi connectivity index (χ1n) is 4.52. The van der Waals surface area contributed by atoms with Crippen LogP contribution in [0, 0.1) is 0 Å². The molecule has 0 spiro atoms. The maximum absolute atomic E-state index is 11.6. The molecule has 3 nitrogen and oxygen atoms in total. The molecule has 74 valence electrons. The fourth-order valence-corrected chi connectivity index (χ4v) is 1.87. The largest absolute Gasteiger partial charge is 0.342 e. The molecule has 0 radical (unpaired) electrons. The highest BCUT2D eigenvalue weighted by molar-refractivity contribution is 5.85. The summed E-state index contributed by atoms with van der Waals surface area (Å²) in [6.45, 7) is 12.1. The summed E-state index contributed by atoms with van der Waals surface area (Å²) in [5.41, 5.74) is -0.0447. The van der Waals surface area contributed by atoms with E-state index in [1.54, 1.807) is 11.9 Å². The standard InChI is InChI=1S/C10H18N2O/c1-7-9(13)11(6)8(2)12(7)10(3,4)5/h7H,2H2,1,3-6H3. The molecule has 1 unspecified atom stereocenters. The Labute approximate surface area is 80.0 Å². The number of rotatable bonds is 0.